The van der Waals surface area contributed by atoms with Gasteiger partial charge in [0.1, 0.15) is 11.6 Å². The van der Waals surface area contributed by atoms with E-state index in [2.05, 4.69) is 97.1 Å². The molecule has 9 rings (SSSR count). The SMILES string of the molecule is Fc1cc(-c2cc(-c3ccccc3)nc(-c3ccccc3)c2)cc(-c2ccc3c(c2)OC(c2ccccc2)(c2ccccc2)c2ccccc2-3)c1. The molecule has 0 bridgehead atoms. The fourth-order valence-electron chi connectivity index (χ4n) is 7.33. The number of benzene rings is 7. The molecule has 0 amide bonds. The summed E-state index contributed by atoms with van der Waals surface area (Å²) in [6, 6.07) is 65.0. The highest BCUT2D eigenvalue weighted by molar-refractivity contribution is 5.84. The van der Waals surface area contributed by atoms with E-state index in [0.717, 1.165) is 78.3 Å². The Kier molecular flexibility index (Phi) is 7.59. The van der Waals surface area contributed by atoms with Gasteiger partial charge in [-0.1, -0.05) is 158 Å². The van der Waals surface area contributed by atoms with Gasteiger partial charge < -0.3 is 4.74 Å². The average Bonchev–Trinajstić information content (AvgIpc) is 3.21. The van der Waals surface area contributed by atoms with Gasteiger partial charge in [-0.25, -0.2) is 9.37 Å². The van der Waals surface area contributed by atoms with Crippen LogP contribution in [-0.4, -0.2) is 4.98 Å². The first-order valence-corrected chi connectivity index (χ1v) is 17.1. The van der Waals surface area contributed by atoms with Crippen molar-refractivity contribution in [3.05, 3.63) is 217 Å². The monoisotopic (exact) mass is 657 g/mol. The number of hydrogen-bond donors (Lipinski definition) is 0. The molecular weight excluding hydrogens is 626 g/mol. The Morgan fingerprint density at radius 1 is 0.392 bits per heavy atom. The van der Waals surface area contributed by atoms with E-state index >= 15 is 4.39 Å². The van der Waals surface area contributed by atoms with E-state index in [-0.39, 0.29) is 5.82 Å². The molecule has 8 aromatic rings. The lowest BCUT2D eigenvalue weighted by Gasteiger charge is -2.41. The van der Waals surface area contributed by atoms with Crippen molar-refractivity contribution in [2.24, 2.45) is 0 Å². The van der Waals surface area contributed by atoms with Crippen LogP contribution < -0.4 is 4.74 Å². The lowest BCUT2D eigenvalue weighted by Crippen LogP contribution is -2.38. The topological polar surface area (TPSA) is 22.1 Å². The molecule has 51 heavy (non-hydrogen) atoms. The van der Waals surface area contributed by atoms with Crippen molar-refractivity contribution in [3.8, 4) is 61.6 Å². The predicted molar refractivity (Wildman–Crippen MR) is 205 cm³/mol. The molecule has 242 valence electrons. The highest BCUT2D eigenvalue weighted by atomic mass is 19.1. The van der Waals surface area contributed by atoms with Crippen molar-refractivity contribution in [2.75, 3.05) is 0 Å². The molecule has 0 fully saturated rings. The Bertz CT molecular complexity index is 2400. The third-order valence-electron chi connectivity index (χ3n) is 9.73. The number of ether oxygens (including phenoxy) is 1. The third-order valence-corrected chi connectivity index (χ3v) is 9.73. The van der Waals surface area contributed by atoms with Crippen molar-refractivity contribution < 1.29 is 9.13 Å². The smallest absolute Gasteiger partial charge is 0.185 e. The summed E-state index contributed by atoms with van der Waals surface area (Å²) in [5, 5.41) is 0. The number of nitrogens with zero attached hydrogens (tertiary/aromatic N) is 1. The van der Waals surface area contributed by atoms with Crippen LogP contribution in [0, 0.1) is 5.82 Å². The second-order valence-corrected chi connectivity index (χ2v) is 12.9. The predicted octanol–water partition coefficient (Wildman–Crippen LogP) is 12.2. The van der Waals surface area contributed by atoms with Crippen LogP contribution in [0.5, 0.6) is 5.75 Å². The van der Waals surface area contributed by atoms with Gasteiger partial charge in [0.15, 0.2) is 5.60 Å². The molecule has 7 aromatic carbocycles. The van der Waals surface area contributed by atoms with E-state index in [4.69, 9.17) is 9.72 Å². The van der Waals surface area contributed by atoms with E-state index < -0.39 is 5.60 Å². The molecule has 3 heteroatoms. The molecule has 0 spiro atoms. The Morgan fingerprint density at radius 3 is 1.47 bits per heavy atom. The van der Waals surface area contributed by atoms with Crippen LogP contribution in [0.4, 0.5) is 4.39 Å². The summed E-state index contributed by atoms with van der Waals surface area (Å²) < 4.78 is 23.0. The Morgan fingerprint density at radius 2 is 0.882 bits per heavy atom. The molecule has 1 aromatic heterocycles. The summed E-state index contributed by atoms with van der Waals surface area (Å²) >= 11 is 0. The minimum absolute atomic E-state index is 0.311. The zero-order valence-corrected chi connectivity index (χ0v) is 27.7. The third kappa shape index (κ3) is 5.50. The first kappa shape index (κ1) is 30.5. The van der Waals surface area contributed by atoms with Gasteiger partial charge in [0.2, 0.25) is 0 Å². The summed E-state index contributed by atoms with van der Waals surface area (Å²) in [4.78, 5) is 5.02. The van der Waals surface area contributed by atoms with Crippen molar-refractivity contribution in [3.63, 3.8) is 0 Å². The van der Waals surface area contributed by atoms with Gasteiger partial charge in [0, 0.05) is 33.4 Å². The van der Waals surface area contributed by atoms with Crippen molar-refractivity contribution in [1.29, 1.82) is 0 Å². The van der Waals surface area contributed by atoms with Gasteiger partial charge in [-0.3, -0.25) is 0 Å². The second kappa shape index (κ2) is 12.7. The molecule has 0 aliphatic carbocycles. The molecule has 0 atom stereocenters. The first-order chi connectivity index (χ1) is 25.2. The standard InChI is InChI=1S/C48H32FNO/c49-41-28-36(27-37(29-41)38-30-45(33-15-5-1-6-16-33)50-46(31-38)34-17-7-2-8-18-34)35-25-26-43-42-23-13-14-24-44(42)48(51-47(43)32-35,39-19-9-3-10-20-39)40-21-11-4-12-22-40/h1-32H. The van der Waals surface area contributed by atoms with E-state index in [1.54, 1.807) is 12.1 Å². The van der Waals surface area contributed by atoms with Crippen LogP contribution in [0.1, 0.15) is 16.7 Å². The van der Waals surface area contributed by atoms with Crippen LogP contribution in [0.2, 0.25) is 0 Å². The van der Waals surface area contributed by atoms with Gasteiger partial charge >= 0.3 is 0 Å². The van der Waals surface area contributed by atoms with Gasteiger partial charge in [-0.15, -0.1) is 0 Å². The van der Waals surface area contributed by atoms with Crippen LogP contribution in [0.15, 0.2) is 194 Å². The van der Waals surface area contributed by atoms with Gasteiger partial charge in [-0.05, 0) is 64.2 Å². The molecular formula is C48H32FNO. The van der Waals surface area contributed by atoms with E-state index in [9.17, 15) is 0 Å². The summed E-state index contributed by atoms with van der Waals surface area (Å²) in [7, 11) is 0. The second-order valence-electron chi connectivity index (χ2n) is 12.9. The average molecular weight is 658 g/mol. The number of fused-ring (bicyclic) bond motifs is 3. The molecule has 2 heterocycles. The quantitative estimate of drug-likeness (QED) is 0.178. The number of halogens is 1. The van der Waals surface area contributed by atoms with Crippen molar-refractivity contribution in [1.82, 2.24) is 4.98 Å². The maximum absolute atomic E-state index is 15.7. The highest BCUT2D eigenvalue weighted by Gasteiger charge is 2.44. The summed E-state index contributed by atoms with van der Waals surface area (Å²) in [6.45, 7) is 0. The number of pyridine rings is 1. The Labute approximate surface area is 297 Å². The van der Waals surface area contributed by atoms with Crippen molar-refractivity contribution >= 4 is 0 Å². The molecule has 0 unspecified atom stereocenters. The zero-order chi connectivity index (χ0) is 34.2. The highest BCUT2D eigenvalue weighted by Crippen LogP contribution is 2.52. The number of rotatable bonds is 6. The number of hydrogen-bond acceptors (Lipinski definition) is 2. The van der Waals surface area contributed by atoms with Crippen molar-refractivity contribution in [2.45, 2.75) is 5.60 Å². The summed E-state index contributed by atoms with van der Waals surface area (Å²) in [5.41, 5.74) is 11.3. The summed E-state index contributed by atoms with van der Waals surface area (Å²) in [5.74, 6) is 0.431. The lowest BCUT2D eigenvalue weighted by molar-refractivity contribution is 0.152. The number of aromatic nitrogens is 1. The largest absolute Gasteiger partial charge is 0.472 e. The van der Waals surface area contributed by atoms with E-state index in [1.807, 2.05) is 84.9 Å². The molecule has 2 nitrogen and oxygen atoms in total. The molecule has 0 saturated carbocycles. The lowest BCUT2D eigenvalue weighted by atomic mass is 9.75. The molecule has 1 aliphatic rings. The van der Waals surface area contributed by atoms with E-state index in [0.29, 0.717) is 0 Å². The molecule has 0 radical (unpaired) electrons. The molecule has 1 aliphatic heterocycles. The minimum atomic E-state index is -0.878. The summed E-state index contributed by atoms with van der Waals surface area (Å²) in [6.07, 6.45) is 0. The Balaban J connectivity index is 1.19. The van der Waals surface area contributed by atoms with Gasteiger partial charge in [0.25, 0.3) is 0 Å². The maximum atomic E-state index is 15.7. The van der Waals surface area contributed by atoms with E-state index in [1.165, 1.54) is 0 Å². The van der Waals surface area contributed by atoms with Crippen LogP contribution in [0.3, 0.4) is 0 Å². The van der Waals surface area contributed by atoms with Crippen LogP contribution in [0.25, 0.3) is 55.9 Å². The zero-order valence-electron chi connectivity index (χ0n) is 27.7. The normalized spacial score (nSPS) is 12.7. The molecule has 0 saturated heterocycles. The van der Waals surface area contributed by atoms with Gasteiger partial charge in [0.05, 0.1) is 11.4 Å². The fraction of sp³-hybridized carbons (Fsp3) is 0.0208. The van der Waals surface area contributed by atoms with Gasteiger partial charge in [-0.2, -0.15) is 0 Å². The van der Waals surface area contributed by atoms with Crippen LogP contribution >= 0.6 is 0 Å². The fourth-order valence-corrected chi connectivity index (χ4v) is 7.33. The van der Waals surface area contributed by atoms with Crippen LogP contribution in [-0.2, 0) is 5.60 Å². The Hall–Kier alpha value is -6.58. The molecule has 0 N–H and O–H groups in total. The maximum Gasteiger partial charge on any atom is 0.185 e. The minimum Gasteiger partial charge on any atom is -0.472 e. The first-order valence-electron chi connectivity index (χ1n) is 17.1.